The molecule has 0 amide bonds. The lowest BCUT2D eigenvalue weighted by atomic mass is 9.98. The second kappa shape index (κ2) is 9.56. The van der Waals surface area contributed by atoms with Crippen LogP contribution in [-0.2, 0) is 24.2 Å². The topological polar surface area (TPSA) is 127 Å². The van der Waals surface area contributed by atoms with Gasteiger partial charge in [-0.2, -0.15) is 0 Å². The van der Waals surface area contributed by atoms with Crippen molar-refractivity contribution in [2.75, 3.05) is 0 Å². The van der Waals surface area contributed by atoms with Crippen molar-refractivity contribution in [3.05, 3.63) is 81.5 Å². The Hall–Kier alpha value is -4.14. The lowest BCUT2D eigenvalue weighted by molar-refractivity contribution is -0.136. The average Bonchev–Trinajstić information content (AvgIpc) is 3.35. The van der Waals surface area contributed by atoms with Gasteiger partial charge in [0.2, 0.25) is 0 Å². The van der Waals surface area contributed by atoms with Crippen molar-refractivity contribution < 1.29 is 9.90 Å². The average molecular weight is 444 g/mol. The summed E-state index contributed by atoms with van der Waals surface area (Å²) in [6.45, 7) is 4.04. The molecular weight excluding hydrogens is 420 g/mol. The van der Waals surface area contributed by atoms with E-state index >= 15 is 0 Å². The fourth-order valence-corrected chi connectivity index (χ4v) is 3.88. The number of nitrogens with zero attached hydrogens (tertiary/aromatic N) is 5. The first-order chi connectivity index (χ1) is 16.0. The Morgan fingerprint density at radius 3 is 2.45 bits per heavy atom. The van der Waals surface area contributed by atoms with E-state index in [0.717, 1.165) is 28.7 Å². The van der Waals surface area contributed by atoms with Crippen LogP contribution in [0.5, 0.6) is 0 Å². The zero-order valence-electron chi connectivity index (χ0n) is 18.4. The van der Waals surface area contributed by atoms with Crippen LogP contribution in [0.15, 0.2) is 53.3 Å². The van der Waals surface area contributed by atoms with Gasteiger partial charge in [0, 0.05) is 23.2 Å². The van der Waals surface area contributed by atoms with Crippen LogP contribution >= 0.6 is 0 Å². The zero-order valence-corrected chi connectivity index (χ0v) is 18.4. The molecule has 0 spiro atoms. The van der Waals surface area contributed by atoms with Crippen LogP contribution in [-0.4, -0.2) is 41.3 Å². The maximum Gasteiger partial charge on any atom is 0.308 e. The highest BCUT2D eigenvalue weighted by atomic mass is 16.4. The Morgan fingerprint density at radius 2 is 1.82 bits per heavy atom. The molecule has 168 valence electrons. The number of tetrazole rings is 1. The molecule has 9 nitrogen and oxygen atoms in total. The van der Waals surface area contributed by atoms with E-state index in [1.165, 1.54) is 0 Å². The van der Waals surface area contributed by atoms with Gasteiger partial charge in [-0.05, 0) is 40.5 Å². The van der Waals surface area contributed by atoms with E-state index in [9.17, 15) is 14.7 Å². The number of aryl methyl sites for hydroxylation is 2. The molecule has 0 radical (unpaired) electrons. The first kappa shape index (κ1) is 22.1. The zero-order chi connectivity index (χ0) is 23.4. The van der Waals surface area contributed by atoms with Gasteiger partial charge in [0.15, 0.2) is 5.82 Å². The largest absolute Gasteiger partial charge is 0.481 e. The fourth-order valence-electron chi connectivity index (χ4n) is 3.88. The van der Waals surface area contributed by atoms with Gasteiger partial charge in [0.1, 0.15) is 5.82 Å². The van der Waals surface area contributed by atoms with E-state index < -0.39 is 5.97 Å². The van der Waals surface area contributed by atoms with Gasteiger partial charge in [-0.1, -0.05) is 55.5 Å². The highest BCUT2D eigenvalue weighted by molar-refractivity contribution is 5.80. The summed E-state index contributed by atoms with van der Waals surface area (Å²) in [4.78, 5) is 28.9. The summed E-state index contributed by atoms with van der Waals surface area (Å²) in [5, 5.41) is 23.3. The summed E-state index contributed by atoms with van der Waals surface area (Å²) in [5.74, 6) is 0.209. The molecule has 0 aliphatic rings. The van der Waals surface area contributed by atoms with Gasteiger partial charge in [0.05, 0.1) is 13.0 Å². The number of nitrogens with one attached hydrogen (secondary N) is 1. The number of aromatic nitrogens is 6. The summed E-state index contributed by atoms with van der Waals surface area (Å²) >= 11 is 0. The Balaban J connectivity index is 1.68. The fraction of sp³-hybridized carbons (Fsp3) is 0.250. The minimum Gasteiger partial charge on any atom is -0.481 e. The molecule has 4 aromatic rings. The monoisotopic (exact) mass is 444 g/mol. The summed E-state index contributed by atoms with van der Waals surface area (Å²) in [6, 6.07) is 15.7. The van der Waals surface area contributed by atoms with E-state index in [1.807, 2.05) is 55.5 Å². The van der Waals surface area contributed by atoms with E-state index in [1.54, 1.807) is 11.5 Å². The van der Waals surface area contributed by atoms with Crippen molar-refractivity contribution in [3.63, 3.8) is 0 Å². The molecule has 33 heavy (non-hydrogen) atoms. The normalized spacial score (nSPS) is 11.0. The van der Waals surface area contributed by atoms with Gasteiger partial charge in [0.25, 0.3) is 5.56 Å². The third-order valence-electron chi connectivity index (χ3n) is 5.48. The SMILES string of the molecule is CCCc1nc(C)c(CC(=O)O)c(=O)n1Cc1ccc(-c2ccccc2-c2nnn[nH]2)cc1. The van der Waals surface area contributed by atoms with Crippen LogP contribution in [0.4, 0.5) is 0 Å². The highest BCUT2D eigenvalue weighted by Crippen LogP contribution is 2.29. The predicted molar refractivity (Wildman–Crippen MR) is 123 cm³/mol. The maximum atomic E-state index is 13.1. The molecule has 2 aromatic heterocycles. The van der Waals surface area contributed by atoms with Crippen LogP contribution in [0.3, 0.4) is 0 Å². The molecule has 4 rings (SSSR count). The van der Waals surface area contributed by atoms with Crippen LogP contribution in [0.2, 0.25) is 0 Å². The first-order valence-electron chi connectivity index (χ1n) is 10.7. The van der Waals surface area contributed by atoms with Gasteiger partial charge in [-0.25, -0.2) is 10.1 Å². The molecule has 0 aliphatic carbocycles. The molecule has 0 fully saturated rings. The molecule has 2 N–H and O–H groups in total. The van der Waals surface area contributed by atoms with Gasteiger partial charge >= 0.3 is 5.97 Å². The smallest absolute Gasteiger partial charge is 0.308 e. The molecule has 2 aromatic carbocycles. The molecule has 2 heterocycles. The van der Waals surface area contributed by atoms with Crippen LogP contribution < -0.4 is 5.56 Å². The van der Waals surface area contributed by atoms with Crippen LogP contribution in [0, 0.1) is 6.92 Å². The lowest BCUT2D eigenvalue weighted by Gasteiger charge is -2.15. The quantitative estimate of drug-likeness (QED) is 0.428. The van der Waals surface area contributed by atoms with E-state index in [4.69, 9.17) is 0 Å². The highest BCUT2D eigenvalue weighted by Gasteiger charge is 2.17. The number of H-pyrrole nitrogens is 1. The number of hydrogen-bond acceptors (Lipinski definition) is 6. The number of rotatable bonds is 8. The van der Waals surface area contributed by atoms with Crippen molar-refractivity contribution >= 4 is 5.97 Å². The predicted octanol–water partition coefficient (Wildman–Crippen LogP) is 3.03. The summed E-state index contributed by atoms with van der Waals surface area (Å²) in [7, 11) is 0. The van der Waals surface area contributed by atoms with E-state index in [0.29, 0.717) is 30.3 Å². The van der Waals surface area contributed by atoms with Crippen LogP contribution in [0.25, 0.3) is 22.5 Å². The Bertz CT molecular complexity index is 1330. The van der Waals surface area contributed by atoms with Gasteiger partial charge in [-0.3, -0.25) is 14.2 Å². The first-order valence-corrected chi connectivity index (χ1v) is 10.7. The number of carbonyl (C=O) groups is 1. The molecule has 0 unspecified atom stereocenters. The number of hydrogen-bond donors (Lipinski definition) is 2. The second-order valence-electron chi connectivity index (χ2n) is 7.80. The third-order valence-corrected chi connectivity index (χ3v) is 5.48. The van der Waals surface area contributed by atoms with Crippen molar-refractivity contribution in [1.29, 1.82) is 0 Å². The minimum absolute atomic E-state index is 0.230. The van der Waals surface area contributed by atoms with Crippen molar-refractivity contribution in [2.45, 2.75) is 39.7 Å². The summed E-state index contributed by atoms with van der Waals surface area (Å²) in [5.41, 5.74) is 4.19. The Morgan fingerprint density at radius 1 is 1.09 bits per heavy atom. The summed E-state index contributed by atoms with van der Waals surface area (Å²) < 4.78 is 1.60. The molecule has 0 saturated carbocycles. The minimum atomic E-state index is -1.04. The van der Waals surface area contributed by atoms with Crippen molar-refractivity contribution in [1.82, 2.24) is 30.2 Å². The summed E-state index contributed by atoms with van der Waals surface area (Å²) in [6.07, 6.45) is 1.13. The number of aliphatic carboxylic acids is 1. The van der Waals surface area contributed by atoms with E-state index in [2.05, 4.69) is 25.6 Å². The molecular formula is C24H24N6O3. The molecule has 9 heteroatoms. The third kappa shape index (κ3) is 4.72. The van der Waals surface area contributed by atoms with Gasteiger partial charge < -0.3 is 5.11 Å². The molecule has 0 aliphatic heterocycles. The Labute approximate surface area is 190 Å². The Kier molecular flexibility index (Phi) is 6.39. The number of carboxylic acid groups (broad SMARTS) is 1. The maximum absolute atomic E-state index is 13.1. The standard InChI is InChI=1S/C24H24N6O3/c1-3-6-21-25-15(2)20(13-22(31)32)24(33)30(21)14-16-9-11-17(12-10-16)18-7-4-5-8-19(18)23-26-28-29-27-23/h4-5,7-12H,3,6,13-14H2,1-2H3,(H,31,32)(H,26,27,28,29). The number of benzene rings is 2. The molecule has 0 saturated heterocycles. The molecule has 0 bridgehead atoms. The number of aromatic amines is 1. The van der Waals surface area contributed by atoms with Crippen LogP contribution in [0.1, 0.15) is 36.0 Å². The number of carboxylic acids is 1. The van der Waals surface area contributed by atoms with Crippen molar-refractivity contribution in [3.8, 4) is 22.5 Å². The van der Waals surface area contributed by atoms with Crippen molar-refractivity contribution in [2.24, 2.45) is 0 Å². The second-order valence-corrected chi connectivity index (χ2v) is 7.80. The van der Waals surface area contributed by atoms with Gasteiger partial charge in [-0.15, -0.1) is 5.10 Å². The lowest BCUT2D eigenvalue weighted by Crippen LogP contribution is -2.31. The molecule has 0 atom stereocenters. The van der Waals surface area contributed by atoms with E-state index in [-0.39, 0.29) is 17.5 Å².